The van der Waals surface area contributed by atoms with E-state index in [1.165, 1.54) is 10.9 Å². The molecule has 1 fully saturated rings. The number of benzene rings is 1. The van der Waals surface area contributed by atoms with E-state index in [0.717, 1.165) is 31.2 Å². The molecule has 104 valence electrons. The molecule has 3 rings (SSSR count). The van der Waals surface area contributed by atoms with E-state index < -0.39 is 0 Å². The van der Waals surface area contributed by atoms with E-state index in [2.05, 4.69) is 29.2 Å². The van der Waals surface area contributed by atoms with Crippen molar-refractivity contribution in [1.29, 1.82) is 0 Å². The monoisotopic (exact) mass is 268 g/mol. The molecule has 3 nitrogen and oxygen atoms in total. The van der Waals surface area contributed by atoms with Crippen molar-refractivity contribution in [2.75, 3.05) is 0 Å². The Hall–Kier alpha value is -1.90. The Morgan fingerprint density at radius 3 is 2.65 bits per heavy atom. The molecule has 1 aromatic carbocycles. The minimum Gasteiger partial charge on any atom is -0.370 e. The van der Waals surface area contributed by atoms with Gasteiger partial charge in [-0.2, -0.15) is 0 Å². The van der Waals surface area contributed by atoms with Gasteiger partial charge in [-0.15, -0.1) is 0 Å². The van der Waals surface area contributed by atoms with Crippen LogP contribution in [0.25, 0.3) is 10.9 Å². The van der Waals surface area contributed by atoms with Crippen LogP contribution in [0.3, 0.4) is 0 Å². The molecule has 0 aliphatic heterocycles. The highest BCUT2D eigenvalue weighted by atomic mass is 16.1. The van der Waals surface area contributed by atoms with Crippen molar-refractivity contribution in [3.8, 4) is 0 Å². The topological polar surface area (TPSA) is 56.0 Å². The molecule has 1 aliphatic carbocycles. The van der Waals surface area contributed by atoms with E-state index in [1.807, 2.05) is 12.3 Å². The average molecular weight is 268 g/mol. The molecule has 3 heteroatoms. The van der Waals surface area contributed by atoms with Crippen LogP contribution in [0.1, 0.15) is 43.6 Å². The first-order valence-corrected chi connectivity index (χ1v) is 7.36. The smallest absolute Gasteiger partial charge is 0.217 e. The summed E-state index contributed by atoms with van der Waals surface area (Å²) in [5, 5.41) is 1.27. The van der Waals surface area contributed by atoms with Gasteiger partial charge in [0.1, 0.15) is 0 Å². The molecule has 0 unspecified atom stereocenters. The number of amides is 1. The van der Waals surface area contributed by atoms with Crippen LogP contribution in [-0.4, -0.2) is 10.9 Å². The largest absolute Gasteiger partial charge is 0.370 e. The third kappa shape index (κ3) is 2.67. The maximum atomic E-state index is 11.0. The number of aromatic nitrogens is 1. The van der Waals surface area contributed by atoms with Crippen LogP contribution in [0.2, 0.25) is 0 Å². The summed E-state index contributed by atoms with van der Waals surface area (Å²) >= 11 is 0. The van der Waals surface area contributed by atoms with Gasteiger partial charge in [-0.3, -0.25) is 9.78 Å². The molecule has 1 aromatic heterocycles. The number of fused-ring (bicyclic) bond motifs is 1. The predicted molar refractivity (Wildman–Crippen MR) is 80.3 cm³/mol. The summed E-state index contributed by atoms with van der Waals surface area (Å²) < 4.78 is 0. The van der Waals surface area contributed by atoms with Crippen LogP contribution in [0, 0.1) is 5.92 Å². The van der Waals surface area contributed by atoms with Gasteiger partial charge in [0.25, 0.3) is 0 Å². The molecule has 0 bridgehead atoms. The Morgan fingerprint density at radius 1 is 1.15 bits per heavy atom. The van der Waals surface area contributed by atoms with Gasteiger partial charge in [-0.05, 0) is 55.2 Å². The van der Waals surface area contributed by atoms with E-state index in [4.69, 9.17) is 5.73 Å². The van der Waals surface area contributed by atoms with Gasteiger partial charge in [0.05, 0.1) is 5.52 Å². The zero-order valence-corrected chi connectivity index (χ0v) is 11.6. The van der Waals surface area contributed by atoms with Gasteiger partial charge in [-0.1, -0.05) is 18.2 Å². The predicted octanol–water partition coefficient (Wildman–Crippen LogP) is 3.38. The fourth-order valence-electron chi connectivity index (χ4n) is 3.44. The second kappa shape index (κ2) is 5.61. The molecule has 0 spiro atoms. The number of hydrogen-bond donors (Lipinski definition) is 1. The molecular weight excluding hydrogens is 248 g/mol. The quantitative estimate of drug-likeness (QED) is 0.927. The van der Waals surface area contributed by atoms with Crippen LogP contribution in [-0.2, 0) is 4.79 Å². The van der Waals surface area contributed by atoms with Crippen LogP contribution in [0.5, 0.6) is 0 Å². The number of carbonyl (C=O) groups excluding carboxylic acids is 1. The van der Waals surface area contributed by atoms with Crippen LogP contribution < -0.4 is 5.73 Å². The van der Waals surface area contributed by atoms with E-state index in [0.29, 0.717) is 18.3 Å². The van der Waals surface area contributed by atoms with E-state index >= 15 is 0 Å². The fraction of sp³-hybridized carbons (Fsp3) is 0.412. The molecule has 0 atom stereocenters. The summed E-state index contributed by atoms with van der Waals surface area (Å²) in [7, 11) is 0. The number of rotatable bonds is 3. The third-order valence-electron chi connectivity index (χ3n) is 4.46. The molecule has 1 heterocycles. The number of carbonyl (C=O) groups is 1. The first-order chi connectivity index (χ1) is 9.74. The van der Waals surface area contributed by atoms with Crippen molar-refractivity contribution in [1.82, 2.24) is 4.98 Å². The summed E-state index contributed by atoms with van der Waals surface area (Å²) in [5.74, 6) is 0.909. The highest BCUT2D eigenvalue weighted by molar-refractivity contribution is 5.82. The normalized spacial score (nSPS) is 22.8. The van der Waals surface area contributed by atoms with Crippen molar-refractivity contribution < 1.29 is 4.79 Å². The molecule has 2 aromatic rings. The van der Waals surface area contributed by atoms with Gasteiger partial charge in [0.2, 0.25) is 5.91 Å². The number of para-hydroxylation sites is 1. The minimum absolute atomic E-state index is 0.164. The second-order valence-electron chi connectivity index (χ2n) is 5.81. The first-order valence-electron chi connectivity index (χ1n) is 7.36. The molecule has 2 N–H and O–H groups in total. The number of nitrogens with zero attached hydrogens (tertiary/aromatic N) is 1. The van der Waals surface area contributed by atoms with Crippen LogP contribution in [0.4, 0.5) is 0 Å². The molecular formula is C17H20N2O. The van der Waals surface area contributed by atoms with E-state index in [-0.39, 0.29) is 5.91 Å². The van der Waals surface area contributed by atoms with Gasteiger partial charge in [-0.25, -0.2) is 0 Å². The van der Waals surface area contributed by atoms with Crippen LogP contribution in [0.15, 0.2) is 36.5 Å². The average Bonchev–Trinajstić information content (AvgIpc) is 2.47. The third-order valence-corrected chi connectivity index (χ3v) is 4.46. The SMILES string of the molecule is NC(=O)CC1CCC(c2ccnc3ccccc23)CC1. The number of primary amides is 1. The first kappa shape index (κ1) is 13.1. The fourth-order valence-corrected chi connectivity index (χ4v) is 3.44. The Morgan fingerprint density at radius 2 is 1.90 bits per heavy atom. The lowest BCUT2D eigenvalue weighted by atomic mass is 9.77. The van der Waals surface area contributed by atoms with Gasteiger partial charge in [0, 0.05) is 18.0 Å². The lowest BCUT2D eigenvalue weighted by Gasteiger charge is -2.28. The molecule has 0 saturated heterocycles. The summed E-state index contributed by atoms with van der Waals surface area (Å²) in [6, 6.07) is 10.5. The summed E-state index contributed by atoms with van der Waals surface area (Å²) in [6.45, 7) is 0. The zero-order chi connectivity index (χ0) is 13.9. The summed E-state index contributed by atoms with van der Waals surface area (Å²) in [4.78, 5) is 15.4. The van der Waals surface area contributed by atoms with Crippen molar-refractivity contribution in [2.24, 2.45) is 11.7 Å². The second-order valence-corrected chi connectivity index (χ2v) is 5.81. The van der Waals surface area contributed by atoms with Crippen LogP contribution >= 0.6 is 0 Å². The Kier molecular flexibility index (Phi) is 3.68. The number of hydrogen-bond acceptors (Lipinski definition) is 2. The molecule has 20 heavy (non-hydrogen) atoms. The summed E-state index contributed by atoms with van der Waals surface area (Å²) in [6.07, 6.45) is 6.95. The van der Waals surface area contributed by atoms with Gasteiger partial charge in [0.15, 0.2) is 0 Å². The zero-order valence-electron chi connectivity index (χ0n) is 11.6. The highest BCUT2D eigenvalue weighted by Crippen LogP contribution is 2.39. The Labute approximate surface area is 119 Å². The number of nitrogens with two attached hydrogens (primary N) is 1. The lowest BCUT2D eigenvalue weighted by Crippen LogP contribution is -2.20. The van der Waals surface area contributed by atoms with Crippen molar-refractivity contribution >= 4 is 16.8 Å². The Balaban J connectivity index is 1.78. The standard InChI is InChI=1S/C17H20N2O/c18-17(20)11-12-5-7-13(8-6-12)14-9-10-19-16-4-2-1-3-15(14)16/h1-4,9-10,12-13H,5-8,11H2,(H2,18,20). The lowest BCUT2D eigenvalue weighted by molar-refractivity contribution is -0.119. The van der Waals surface area contributed by atoms with E-state index in [9.17, 15) is 4.79 Å². The van der Waals surface area contributed by atoms with E-state index in [1.54, 1.807) is 0 Å². The minimum atomic E-state index is -0.164. The molecule has 0 radical (unpaired) electrons. The highest BCUT2D eigenvalue weighted by Gasteiger charge is 2.24. The number of pyridine rings is 1. The molecule has 1 aliphatic rings. The Bertz CT molecular complexity index is 610. The van der Waals surface area contributed by atoms with Crippen molar-refractivity contribution in [2.45, 2.75) is 38.0 Å². The molecule has 1 saturated carbocycles. The maximum Gasteiger partial charge on any atom is 0.217 e. The van der Waals surface area contributed by atoms with Crippen molar-refractivity contribution in [3.63, 3.8) is 0 Å². The maximum absolute atomic E-state index is 11.0. The van der Waals surface area contributed by atoms with Crippen molar-refractivity contribution in [3.05, 3.63) is 42.1 Å². The summed E-state index contributed by atoms with van der Waals surface area (Å²) in [5.41, 5.74) is 7.78. The molecule has 1 amide bonds. The van der Waals surface area contributed by atoms with Gasteiger partial charge >= 0.3 is 0 Å². The van der Waals surface area contributed by atoms with Gasteiger partial charge < -0.3 is 5.73 Å².